The van der Waals surface area contributed by atoms with E-state index in [-0.39, 0.29) is 6.29 Å². The highest BCUT2D eigenvalue weighted by atomic mass is 16.7. The molecule has 0 aliphatic carbocycles. The van der Waals surface area contributed by atoms with Gasteiger partial charge in [0.15, 0.2) is 6.29 Å². The fraction of sp³-hybridized carbons (Fsp3) is 0.650. The lowest BCUT2D eigenvalue weighted by molar-refractivity contribution is -0.123. The van der Waals surface area contributed by atoms with E-state index in [0.29, 0.717) is 0 Å². The first-order valence-electron chi connectivity index (χ1n) is 8.83. The van der Waals surface area contributed by atoms with Gasteiger partial charge in [-0.2, -0.15) is 0 Å². The molecule has 0 aromatic carbocycles. The SMILES string of the molecule is C=C/C=C/C=C/CCCCCCCC=O.CCOC(C)OCC. The van der Waals surface area contributed by atoms with Crippen LogP contribution in [0.25, 0.3) is 0 Å². The molecule has 0 N–H and O–H groups in total. The van der Waals surface area contributed by atoms with Gasteiger partial charge in [-0.1, -0.05) is 56.2 Å². The molecule has 0 aliphatic heterocycles. The Morgan fingerprint density at radius 2 is 1.43 bits per heavy atom. The Labute approximate surface area is 143 Å². The van der Waals surface area contributed by atoms with Crippen molar-refractivity contribution in [2.45, 2.75) is 72.0 Å². The smallest absolute Gasteiger partial charge is 0.154 e. The van der Waals surface area contributed by atoms with Crippen molar-refractivity contribution in [3.63, 3.8) is 0 Å². The number of carbonyl (C=O) groups is 1. The third-order valence-electron chi connectivity index (χ3n) is 2.99. The third kappa shape index (κ3) is 26.1. The van der Waals surface area contributed by atoms with Crippen LogP contribution in [-0.4, -0.2) is 25.8 Å². The number of ether oxygens (including phenoxy) is 2. The summed E-state index contributed by atoms with van der Waals surface area (Å²) < 4.78 is 10.1. The first-order chi connectivity index (χ1) is 11.2. The van der Waals surface area contributed by atoms with Gasteiger partial charge in [-0.15, -0.1) is 0 Å². The molecule has 0 bridgehead atoms. The van der Waals surface area contributed by atoms with Crippen LogP contribution in [0.15, 0.2) is 37.0 Å². The number of unbranched alkanes of at least 4 members (excludes halogenated alkanes) is 6. The van der Waals surface area contributed by atoms with Crippen molar-refractivity contribution >= 4 is 6.29 Å². The van der Waals surface area contributed by atoms with E-state index in [1.165, 1.54) is 25.7 Å². The summed E-state index contributed by atoms with van der Waals surface area (Å²) in [7, 11) is 0. The first kappa shape index (κ1) is 24.1. The zero-order valence-corrected chi connectivity index (χ0v) is 15.3. The van der Waals surface area contributed by atoms with Crippen LogP contribution in [0.5, 0.6) is 0 Å². The zero-order chi connectivity index (χ0) is 17.6. The maximum Gasteiger partial charge on any atom is 0.154 e. The first-order valence-corrected chi connectivity index (χ1v) is 8.83. The van der Waals surface area contributed by atoms with Crippen molar-refractivity contribution in [1.29, 1.82) is 0 Å². The number of carbonyl (C=O) groups excluding carboxylic acids is 1. The van der Waals surface area contributed by atoms with E-state index < -0.39 is 0 Å². The Bertz CT molecular complexity index is 289. The van der Waals surface area contributed by atoms with Gasteiger partial charge in [0.1, 0.15) is 6.29 Å². The minimum Gasteiger partial charge on any atom is -0.353 e. The van der Waals surface area contributed by atoms with Crippen LogP contribution in [0.1, 0.15) is 65.7 Å². The van der Waals surface area contributed by atoms with Crippen molar-refractivity contribution < 1.29 is 14.3 Å². The molecule has 3 heteroatoms. The standard InChI is InChI=1S/C14H22O.C6H14O2/c1-2-3-4-5-6-7-8-9-10-11-12-13-14-15;1-4-7-6(3)8-5-2/h2-6,14H,1,7-13H2;6H,4-5H2,1-3H3/b4-3+,6-5+;. The van der Waals surface area contributed by atoms with E-state index in [1.807, 2.05) is 32.9 Å². The van der Waals surface area contributed by atoms with Gasteiger partial charge in [-0.25, -0.2) is 0 Å². The van der Waals surface area contributed by atoms with Crippen LogP contribution in [-0.2, 0) is 14.3 Å². The lowest BCUT2D eigenvalue weighted by Crippen LogP contribution is -2.11. The quantitative estimate of drug-likeness (QED) is 0.180. The van der Waals surface area contributed by atoms with Crippen LogP contribution >= 0.6 is 0 Å². The molecule has 0 fully saturated rings. The van der Waals surface area contributed by atoms with Crippen LogP contribution < -0.4 is 0 Å². The average Bonchev–Trinajstić information content (AvgIpc) is 2.54. The summed E-state index contributed by atoms with van der Waals surface area (Å²) in [6.45, 7) is 10.8. The van der Waals surface area contributed by atoms with Crippen LogP contribution in [0.4, 0.5) is 0 Å². The van der Waals surface area contributed by atoms with Gasteiger partial charge in [0.25, 0.3) is 0 Å². The van der Waals surface area contributed by atoms with E-state index in [4.69, 9.17) is 9.47 Å². The largest absolute Gasteiger partial charge is 0.353 e. The van der Waals surface area contributed by atoms with Gasteiger partial charge in [0.2, 0.25) is 0 Å². The molecule has 0 heterocycles. The summed E-state index contributed by atoms with van der Waals surface area (Å²) in [4.78, 5) is 10.0. The van der Waals surface area contributed by atoms with Gasteiger partial charge < -0.3 is 14.3 Å². The maximum atomic E-state index is 10.0. The molecular weight excluding hydrogens is 288 g/mol. The highest BCUT2D eigenvalue weighted by Crippen LogP contribution is 2.06. The predicted molar refractivity (Wildman–Crippen MR) is 99.6 cm³/mol. The normalized spacial score (nSPS) is 11.0. The van der Waals surface area contributed by atoms with E-state index in [2.05, 4.69) is 18.7 Å². The molecular formula is C20H36O3. The minimum atomic E-state index is -0.0370. The maximum absolute atomic E-state index is 10.0. The minimum absolute atomic E-state index is 0.0370. The molecule has 0 spiro atoms. The van der Waals surface area contributed by atoms with Crippen molar-refractivity contribution in [2.75, 3.05) is 13.2 Å². The molecule has 0 atom stereocenters. The Kier molecular flexibility index (Phi) is 24.2. The Morgan fingerprint density at radius 1 is 0.870 bits per heavy atom. The molecule has 0 aliphatic rings. The second-order valence-corrected chi connectivity index (χ2v) is 5.04. The molecule has 0 amide bonds. The molecule has 23 heavy (non-hydrogen) atoms. The number of allylic oxidation sites excluding steroid dienone is 5. The van der Waals surface area contributed by atoms with Crippen molar-refractivity contribution in [1.82, 2.24) is 0 Å². The second-order valence-electron chi connectivity index (χ2n) is 5.04. The predicted octanol–water partition coefficient (Wildman–Crippen LogP) is 5.62. The lowest BCUT2D eigenvalue weighted by atomic mass is 10.1. The molecule has 3 nitrogen and oxygen atoms in total. The summed E-state index contributed by atoms with van der Waals surface area (Å²) >= 11 is 0. The van der Waals surface area contributed by atoms with Gasteiger partial charge >= 0.3 is 0 Å². The monoisotopic (exact) mass is 324 g/mol. The van der Waals surface area contributed by atoms with Gasteiger partial charge in [-0.3, -0.25) is 0 Å². The Hall–Kier alpha value is -1.19. The molecule has 134 valence electrons. The number of aldehydes is 1. The highest BCUT2D eigenvalue weighted by Gasteiger charge is 1.94. The average molecular weight is 325 g/mol. The van der Waals surface area contributed by atoms with Gasteiger partial charge in [0.05, 0.1) is 0 Å². The second kappa shape index (κ2) is 23.1. The Morgan fingerprint density at radius 3 is 1.96 bits per heavy atom. The molecule has 0 aromatic rings. The molecule has 0 aromatic heterocycles. The number of hydrogen-bond acceptors (Lipinski definition) is 3. The van der Waals surface area contributed by atoms with Gasteiger partial charge in [0, 0.05) is 19.6 Å². The number of rotatable bonds is 14. The van der Waals surface area contributed by atoms with Crippen LogP contribution in [0, 0.1) is 0 Å². The van der Waals surface area contributed by atoms with E-state index in [9.17, 15) is 4.79 Å². The summed E-state index contributed by atoms with van der Waals surface area (Å²) in [5.41, 5.74) is 0. The summed E-state index contributed by atoms with van der Waals surface area (Å²) in [6, 6.07) is 0. The van der Waals surface area contributed by atoms with Crippen molar-refractivity contribution in [2.24, 2.45) is 0 Å². The topological polar surface area (TPSA) is 35.5 Å². The summed E-state index contributed by atoms with van der Waals surface area (Å²) in [6.07, 6.45) is 18.8. The summed E-state index contributed by atoms with van der Waals surface area (Å²) in [5, 5.41) is 0. The molecule has 0 rings (SSSR count). The zero-order valence-electron chi connectivity index (χ0n) is 15.3. The fourth-order valence-corrected chi connectivity index (χ4v) is 1.86. The van der Waals surface area contributed by atoms with E-state index in [1.54, 1.807) is 6.08 Å². The molecule has 0 saturated heterocycles. The third-order valence-corrected chi connectivity index (χ3v) is 2.99. The van der Waals surface area contributed by atoms with E-state index in [0.717, 1.165) is 38.8 Å². The highest BCUT2D eigenvalue weighted by molar-refractivity contribution is 5.48. The fourth-order valence-electron chi connectivity index (χ4n) is 1.86. The van der Waals surface area contributed by atoms with Gasteiger partial charge in [-0.05, 0) is 40.0 Å². The van der Waals surface area contributed by atoms with E-state index >= 15 is 0 Å². The van der Waals surface area contributed by atoms with Crippen molar-refractivity contribution in [3.8, 4) is 0 Å². The lowest BCUT2D eigenvalue weighted by Gasteiger charge is -2.09. The van der Waals surface area contributed by atoms with Crippen molar-refractivity contribution in [3.05, 3.63) is 37.0 Å². The molecule has 0 radical (unpaired) electrons. The molecule has 0 unspecified atom stereocenters. The van der Waals surface area contributed by atoms with Crippen LogP contribution in [0.2, 0.25) is 0 Å². The molecule has 0 saturated carbocycles. The Balaban J connectivity index is 0. The number of hydrogen-bond donors (Lipinski definition) is 0. The van der Waals surface area contributed by atoms with Crippen LogP contribution in [0.3, 0.4) is 0 Å². The summed E-state index contributed by atoms with van der Waals surface area (Å²) in [5.74, 6) is 0.